The van der Waals surface area contributed by atoms with Crippen molar-refractivity contribution in [3.8, 4) is 23.1 Å². The number of benzene rings is 1. The summed E-state index contributed by atoms with van der Waals surface area (Å²) in [6.07, 6.45) is 6.71. The lowest BCUT2D eigenvalue weighted by molar-refractivity contribution is -0.129. The Morgan fingerprint density at radius 1 is 1.23 bits per heavy atom. The van der Waals surface area contributed by atoms with Crippen LogP contribution in [-0.2, 0) is 9.63 Å². The van der Waals surface area contributed by atoms with Crippen molar-refractivity contribution >= 4 is 29.0 Å². The van der Waals surface area contributed by atoms with Gasteiger partial charge in [-0.25, -0.2) is 9.97 Å². The molecule has 3 aromatic rings. The number of imidazole rings is 1. The van der Waals surface area contributed by atoms with Crippen LogP contribution < -0.4 is 11.1 Å². The van der Waals surface area contributed by atoms with Gasteiger partial charge in [-0.05, 0) is 44.2 Å². The normalized spacial score (nSPS) is 17.3. The van der Waals surface area contributed by atoms with Gasteiger partial charge in [-0.15, -0.1) is 0 Å². The van der Waals surface area contributed by atoms with Gasteiger partial charge >= 0.3 is 0 Å². The van der Waals surface area contributed by atoms with Crippen LogP contribution in [0.15, 0.2) is 41.8 Å². The molecule has 0 saturated carbocycles. The van der Waals surface area contributed by atoms with Crippen LogP contribution in [-0.4, -0.2) is 50.1 Å². The monoisotopic (exact) mass is 471 g/mol. The van der Waals surface area contributed by atoms with Gasteiger partial charge in [0.2, 0.25) is 0 Å². The second kappa shape index (κ2) is 9.46. The van der Waals surface area contributed by atoms with E-state index in [1.54, 1.807) is 30.2 Å². The average Bonchev–Trinajstić information content (AvgIpc) is 3.53. The number of likely N-dealkylation sites (tertiary alicyclic amines) is 1. The van der Waals surface area contributed by atoms with Crippen LogP contribution in [0.1, 0.15) is 54.8 Å². The van der Waals surface area contributed by atoms with Crippen molar-refractivity contribution in [3.05, 3.63) is 48.0 Å². The zero-order chi connectivity index (χ0) is 24.4. The second-order valence-electron chi connectivity index (χ2n) is 8.39. The van der Waals surface area contributed by atoms with E-state index in [4.69, 9.17) is 15.6 Å². The summed E-state index contributed by atoms with van der Waals surface area (Å²) < 4.78 is 1.91. The molecule has 2 aliphatic heterocycles. The summed E-state index contributed by atoms with van der Waals surface area (Å²) in [6, 6.07) is 6.89. The summed E-state index contributed by atoms with van der Waals surface area (Å²) in [5, 5.41) is 6.56. The van der Waals surface area contributed by atoms with Crippen LogP contribution >= 0.6 is 0 Å². The number of nitrogen functional groups attached to an aromatic ring is 1. The molecule has 2 aromatic heterocycles. The Bertz CT molecular complexity index is 1380. The molecule has 10 nitrogen and oxygen atoms in total. The van der Waals surface area contributed by atoms with Crippen LogP contribution in [0.3, 0.4) is 0 Å². The van der Waals surface area contributed by atoms with Crippen LogP contribution in [0.5, 0.6) is 0 Å². The minimum Gasteiger partial charge on any atom is -0.394 e. The van der Waals surface area contributed by atoms with Gasteiger partial charge in [0.15, 0.2) is 5.84 Å². The maximum absolute atomic E-state index is 12.7. The lowest BCUT2D eigenvalue weighted by Gasteiger charge is -2.33. The smallest absolute Gasteiger partial charge is 0.299 e. The number of anilines is 1. The van der Waals surface area contributed by atoms with Crippen LogP contribution in [0.4, 0.5) is 5.82 Å². The largest absolute Gasteiger partial charge is 0.394 e. The van der Waals surface area contributed by atoms with Crippen molar-refractivity contribution in [2.45, 2.75) is 38.6 Å². The quantitative estimate of drug-likeness (QED) is 0.565. The highest BCUT2D eigenvalue weighted by Gasteiger charge is 2.32. The van der Waals surface area contributed by atoms with E-state index in [1.165, 1.54) is 0 Å². The minimum absolute atomic E-state index is 0.204. The molecule has 3 N–H and O–H groups in total. The summed E-state index contributed by atoms with van der Waals surface area (Å²) >= 11 is 0. The molecule has 0 unspecified atom stereocenters. The number of carbonyl (C=O) groups is 2. The lowest BCUT2D eigenvalue weighted by atomic mass is 10.0. The number of amides is 2. The molecule has 2 aliphatic rings. The number of amidine groups is 1. The fraction of sp³-hybridized carbons (Fsp3) is 0.320. The summed E-state index contributed by atoms with van der Waals surface area (Å²) in [4.78, 5) is 41.2. The number of rotatable bonds is 3. The average molecular weight is 472 g/mol. The Kier molecular flexibility index (Phi) is 6.06. The number of hydrogen-bond acceptors (Lipinski definition) is 7. The molecule has 5 rings (SSSR count). The number of carbonyl (C=O) groups excluding carboxylic acids is 2. The third-order valence-corrected chi connectivity index (χ3v) is 6.19. The van der Waals surface area contributed by atoms with Crippen LogP contribution in [0, 0.1) is 11.8 Å². The first-order valence-electron chi connectivity index (χ1n) is 11.5. The molecular weight excluding hydrogens is 446 g/mol. The summed E-state index contributed by atoms with van der Waals surface area (Å²) in [7, 11) is 0. The van der Waals surface area contributed by atoms with E-state index in [1.807, 2.05) is 22.7 Å². The molecule has 1 aromatic carbocycles. The van der Waals surface area contributed by atoms with E-state index in [9.17, 15) is 9.59 Å². The highest BCUT2D eigenvalue weighted by Crippen LogP contribution is 2.35. The van der Waals surface area contributed by atoms with Gasteiger partial charge < -0.3 is 20.8 Å². The Labute approximate surface area is 202 Å². The molecule has 1 saturated heterocycles. The van der Waals surface area contributed by atoms with Crippen molar-refractivity contribution < 1.29 is 14.4 Å². The van der Waals surface area contributed by atoms with Crippen molar-refractivity contribution in [1.82, 2.24) is 24.6 Å². The molecule has 1 atom stereocenters. The first-order chi connectivity index (χ1) is 17.1. The van der Waals surface area contributed by atoms with Crippen molar-refractivity contribution in [2.75, 3.05) is 18.9 Å². The molecule has 0 radical (unpaired) electrons. The molecule has 10 heteroatoms. The molecule has 35 heavy (non-hydrogen) atoms. The van der Waals surface area contributed by atoms with Gasteiger partial charge in [-0.3, -0.25) is 14.0 Å². The number of fused-ring (bicyclic) bond motifs is 1. The van der Waals surface area contributed by atoms with E-state index >= 15 is 0 Å². The summed E-state index contributed by atoms with van der Waals surface area (Å²) in [5.74, 6) is 6.48. The van der Waals surface area contributed by atoms with Crippen LogP contribution in [0.2, 0.25) is 0 Å². The fourth-order valence-electron chi connectivity index (χ4n) is 4.52. The Morgan fingerprint density at radius 2 is 2.06 bits per heavy atom. The van der Waals surface area contributed by atoms with Crippen molar-refractivity contribution in [2.24, 2.45) is 5.16 Å². The number of piperidine rings is 1. The summed E-state index contributed by atoms with van der Waals surface area (Å²) in [6.45, 7) is 2.75. The molecule has 178 valence electrons. The first kappa shape index (κ1) is 22.4. The number of oxime groups is 1. The maximum atomic E-state index is 12.7. The van der Waals surface area contributed by atoms with Crippen molar-refractivity contribution in [1.29, 1.82) is 0 Å². The van der Waals surface area contributed by atoms with Gasteiger partial charge in [0.1, 0.15) is 29.5 Å². The van der Waals surface area contributed by atoms with Gasteiger partial charge in [0, 0.05) is 36.5 Å². The number of nitrogens with one attached hydrogen (secondary N) is 1. The maximum Gasteiger partial charge on any atom is 0.299 e. The Balaban J connectivity index is 1.52. The van der Waals surface area contributed by atoms with Crippen LogP contribution in [0.25, 0.3) is 16.8 Å². The van der Waals surface area contributed by atoms with Gasteiger partial charge in [0.25, 0.3) is 11.8 Å². The molecule has 1 fully saturated rings. The fourth-order valence-corrected chi connectivity index (χ4v) is 4.52. The SMILES string of the molecule is CC#CC(=O)N1CCCC[C@H]1c1nc(-c2ccc(C(=O)NC3=NOCC3)cc2)c2c(N)nccn12. The molecule has 2 amide bonds. The van der Waals surface area contributed by atoms with Crippen molar-refractivity contribution in [3.63, 3.8) is 0 Å². The molecule has 0 bridgehead atoms. The molecule has 4 heterocycles. The van der Waals surface area contributed by atoms with E-state index in [-0.39, 0.29) is 17.9 Å². The molecule has 0 aliphatic carbocycles. The first-order valence-corrected chi connectivity index (χ1v) is 11.5. The predicted molar refractivity (Wildman–Crippen MR) is 130 cm³/mol. The topological polar surface area (TPSA) is 127 Å². The van der Waals surface area contributed by atoms with E-state index in [0.29, 0.717) is 48.0 Å². The Hall–Kier alpha value is -4.39. The predicted octanol–water partition coefficient (Wildman–Crippen LogP) is 2.52. The second-order valence-corrected chi connectivity index (χ2v) is 8.39. The van der Waals surface area contributed by atoms with Gasteiger partial charge in [0.05, 0.1) is 6.04 Å². The lowest BCUT2D eigenvalue weighted by Crippen LogP contribution is -2.38. The molecular formula is C25H25N7O3. The molecule has 0 spiro atoms. The number of hydrogen-bond donors (Lipinski definition) is 2. The zero-order valence-corrected chi connectivity index (χ0v) is 19.3. The number of nitrogens with two attached hydrogens (primary N) is 1. The standard InChI is InChI=1S/C25H25N7O3/c1-2-5-20(33)31-13-4-3-6-18(31)24-29-21(22-23(26)27-12-14-32(22)24)16-7-9-17(10-8-16)25(34)28-19-11-15-35-30-19/h7-10,12,14,18H,3-4,6,11,13,15H2,1H3,(H2,26,27)(H,28,30,34)/t18-/m0/s1. The third-order valence-electron chi connectivity index (χ3n) is 6.19. The van der Waals surface area contributed by atoms with E-state index in [2.05, 4.69) is 27.3 Å². The highest BCUT2D eigenvalue weighted by atomic mass is 16.6. The summed E-state index contributed by atoms with van der Waals surface area (Å²) in [5.41, 5.74) is 8.86. The Morgan fingerprint density at radius 3 is 2.80 bits per heavy atom. The third kappa shape index (κ3) is 4.28. The van der Waals surface area contributed by atoms with E-state index < -0.39 is 0 Å². The zero-order valence-electron chi connectivity index (χ0n) is 19.3. The van der Waals surface area contributed by atoms with Gasteiger partial charge in [-0.2, -0.15) is 0 Å². The van der Waals surface area contributed by atoms with Gasteiger partial charge in [-0.1, -0.05) is 23.2 Å². The highest BCUT2D eigenvalue weighted by molar-refractivity contribution is 6.06. The number of nitrogens with zero attached hydrogens (tertiary/aromatic N) is 5. The van der Waals surface area contributed by atoms with E-state index in [0.717, 1.165) is 30.7 Å². The minimum atomic E-state index is -0.259. The number of aromatic nitrogens is 3.